The summed E-state index contributed by atoms with van der Waals surface area (Å²) in [5.74, 6) is -1.09. The van der Waals surface area contributed by atoms with E-state index in [1.807, 2.05) is 12.3 Å². The van der Waals surface area contributed by atoms with Crippen molar-refractivity contribution >= 4 is 34.0 Å². The van der Waals surface area contributed by atoms with E-state index in [1.54, 1.807) is 25.4 Å². The smallest absolute Gasteiger partial charge is 0.344 e. The molecule has 3 aromatic heterocycles. The number of nitrogens with zero attached hydrogens (tertiary/aromatic N) is 4. The van der Waals surface area contributed by atoms with Crippen LogP contribution in [0.15, 0.2) is 23.8 Å². The molecule has 0 unspecified atom stereocenters. The maximum Gasteiger partial charge on any atom is 0.344 e. The first kappa shape index (κ1) is 15.1. The Labute approximate surface area is 135 Å². The van der Waals surface area contributed by atoms with Crippen molar-refractivity contribution in [2.45, 2.75) is 13.8 Å². The van der Waals surface area contributed by atoms with Crippen LogP contribution in [-0.4, -0.2) is 38.1 Å². The Morgan fingerprint density at radius 1 is 1.39 bits per heavy atom. The van der Waals surface area contributed by atoms with Gasteiger partial charge in [0.15, 0.2) is 17.4 Å². The van der Waals surface area contributed by atoms with E-state index in [9.17, 15) is 9.59 Å². The second-order valence-corrected chi connectivity index (χ2v) is 5.62. The highest BCUT2D eigenvalue weighted by atomic mass is 32.1. The van der Waals surface area contributed by atoms with Gasteiger partial charge in [-0.2, -0.15) is 5.10 Å². The molecule has 3 aromatic rings. The lowest BCUT2D eigenvalue weighted by Gasteiger charge is -2.04. The summed E-state index contributed by atoms with van der Waals surface area (Å²) in [4.78, 5) is 32.2. The third-order valence-corrected chi connectivity index (χ3v) is 3.85. The van der Waals surface area contributed by atoms with E-state index < -0.39 is 18.5 Å². The third-order valence-electron chi connectivity index (χ3n) is 2.97. The summed E-state index contributed by atoms with van der Waals surface area (Å²) in [6.07, 6.45) is 3.24. The number of rotatable bonds is 4. The minimum absolute atomic E-state index is 0.253. The van der Waals surface area contributed by atoms with Crippen molar-refractivity contribution in [2.75, 3.05) is 11.9 Å². The number of nitrogens with one attached hydrogen (secondary N) is 1. The molecule has 0 saturated carbocycles. The predicted octanol–water partition coefficient (Wildman–Crippen LogP) is 1.60. The van der Waals surface area contributed by atoms with Crippen molar-refractivity contribution in [1.29, 1.82) is 0 Å². The van der Waals surface area contributed by atoms with Crippen molar-refractivity contribution in [1.82, 2.24) is 19.6 Å². The van der Waals surface area contributed by atoms with Crippen LogP contribution in [0.3, 0.4) is 0 Å². The van der Waals surface area contributed by atoms with Crippen LogP contribution in [0.5, 0.6) is 0 Å². The van der Waals surface area contributed by atoms with E-state index in [0.29, 0.717) is 16.5 Å². The van der Waals surface area contributed by atoms with Gasteiger partial charge in [0.25, 0.3) is 5.91 Å². The standard InChI is InChI=1S/C14H13N5O3S/c1-8-7-23-14(16-8)17-10(20)6-22-13(21)11-9(2)18-19-5-3-4-15-12(11)19/h3-5,7H,6H2,1-2H3,(H,16,17,20). The maximum absolute atomic E-state index is 12.2. The quantitative estimate of drug-likeness (QED) is 0.729. The summed E-state index contributed by atoms with van der Waals surface area (Å²) >= 11 is 1.31. The molecule has 0 saturated heterocycles. The lowest BCUT2D eigenvalue weighted by Crippen LogP contribution is -2.21. The number of esters is 1. The number of anilines is 1. The highest BCUT2D eigenvalue weighted by molar-refractivity contribution is 7.13. The molecule has 1 N–H and O–H groups in total. The Balaban J connectivity index is 1.67. The molecule has 0 spiro atoms. The molecule has 9 heteroatoms. The van der Waals surface area contributed by atoms with Crippen molar-refractivity contribution in [2.24, 2.45) is 0 Å². The fraction of sp³-hybridized carbons (Fsp3) is 0.214. The van der Waals surface area contributed by atoms with Gasteiger partial charge in [-0.25, -0.2) is 19.3 Å². The van der Waals surface area contributed by atoms with Gasteiger partial charge in [-0.15, -0.1) is 11.3 Å². The molecule has 0 aliphatic carbocycles. The Hall–Kier alpha value is -2.81. The number of ether oxygens (including phenoxy) is 1. The van der Waals surface area contributed by atoms with Crippen LogP contribution in [0.4, 0.5) is 5.13 Å². The molecule has 0 aliphatic heterocycles. The van der Waals surface area contributed by atoms with Crippen LogP contribution in [0.25, 0.3) is 5.65 Å². The molecular formula is C14H13N5O3S. The lowest BCUT2D eigenvalue weighted by atomic mass is 10.2. The zero-order valence-electron chi connectivity index (χ0n) is 12.4. The number of thiazole rings is 1. The maximum atomic E-state index is 12.2. The first-order valence-electron chi connectivity index (χ1n) is 6.73. The van der Waals surface area contributed by atoms with E-state index in [-0.39, 0.29) is 5.56 Å². The monoisotopic (exact) mass is 331 g/mol. The number of amides is 1. The van der Waals surface area contributed by atoms with Gasteiger partial charge in [0.1, 0.15) is 5.56 Å². The average molecular weight is 331 g/mol. The molecule has 1 amide bonds. The van der Waals surface area contributed by atoms with Crippen molar-refractivity contribution in [3.8, 4) is 0 Å². The molecule has 23 heavy (non-hydrogen) atoms. The minimum atomic E-state index is -0.637. The first-order valence-corrected chi connectivity index (χ1v) is 7.61. The number of fused-ring (bicyclic) bond motifs is 1. The zero-order valence-corrected chi connectivity index (χ0v) is 13.3. The van der Waals surface area contributed by atoms with Crippen molar-refractivity contribution < 1.29 is 14.3 Å². The summed E-state index contributed by atoms with van der Waals surface area (Å²) in [7, 11) is 0. The highest BCUT2D eigenvalue weighted by Gasteiger charge is 2.20. The second kappa shape index (κ2) is 6.13. The molecule has 8 nitrogen and oxygen atoms in total. The molecule has 0 radical (unpaired) electrons. The SMILES string of the molecule is Cc1csc(NC(=O)COC(=O)c2c(C)nn3cccnc23)n1. The molecule has 118 valence electrons. The molecule has 0 bridgehead atoms. The molecule has 3 heterocycles. The van der Waals surface area contributed by atoms with Crippen molar-refractivity contribution in [3.05, 3.63) is 40.8 Å². The normalized spacial score (nSPS) is 10.7. The van der Waals surface area contributed by atoms with Gasteiger partial charge in [0, 0.05) is 17.8 Å². The molecular weight excluding hydrogens is 318 g/mol. The second-order valence-electron chi connectivity index (χ2n) is 4.77. The summed E-state index contributed by atoms with van der Waals surface area (Å²) in [5.41, 5.74) is 1.95. The third kappa shape index (κ3) is 3.19. The summed E-state index contributed by atoms with van der Waals surface area (Å²) in [5, 5.41) is 9.03. The average Bonchev–Trinajstić information content (AvgIpc) is 3.07. The molecule has 3 rings (SSSR count). The Kier molecular flexibility index (Phi) is 4.02. The minimum Gasteiger partial charge on any atom is -0.452 e. The lowest BCUT2D eigenvalue weighted by molar-refractivity contribution is -0.119. The van der Waals surface area contributed by atoms with Crippen LogP contribution < -0.4 is 5.32 Å². The number of aromatic nitrogens is 4. The van der Waals surface area contributed by atoms with Crippen LogP contribution >= 0.6 is 11.3 Å². The van der Waals surface area contributed by atoms with E-state index in [4.69, 9.17) is 4.74 Å². The van der Waals surface area contributed by atoms with Crippen LogP contribution in [-0.2, 0) is 9.53 Å². The molecule has 0 aliphatic rings. The first-order chi connectivity index (χ1) is 11.0. The van der Waals surface area contributed by atoms with E-state index in [1.165, 1.54) is 15.9 Å². The number of hydrogen-bond donors (Lipinski definition) is 1. The highest BCUT2D eigenvalue weighted by Crippen LogP contribution is 2.15. The summed E-state index contributed by atoms with van der Waals surface area (Å²) in [6, 6.07) is 1.71. The van der Waals surface area contributed by atoms with E-state index in [0.717, 1.165) is 5.69 Å². The number of hydrogen-bond acceptors (Lipinski definition) is 7. The fourth-order valence-corrected chi connectivity index (χ4v) is 2.71. The molecule has 0 aromatic carbocycles. The van der Waals surface area contributed by atoms with E-state index >= 15 is 0 Å². The Morgan fingerprint density at radius 3 is 2.96 bits per heavy atom. The van der Waals surface area contributed by atoms with Gasteiger partial charge in [0.2, 0.25) is 0 Å². The fourth-order valence-electron chi connectivity index (χ4n) is 2.01. The summed E-state index contributed by atoms with van der Waals surface area (Å²) in [6.45, 7) is 3.11. The van der Waals surface area contributed by atoms with Gasteiger partial charge < -0.3 is 4.74 Å². The van der Waals surface area contributed by atoms with Crippen LogP contribution in [0, 0.1) is 13.8 Å². The van der Waals surface area contributed by atoms with Gasteiger partial charge in [0.05, 0.1) is 11.4 Å². The predicted molar refractivity (Wildman–Crippen MR) is 83.5 cm³/mol. The van der Waals surface area contributed by atoms with Gasteiger partial charge in [-0.3, -0.25) is 10.1 Å². The number of carbonyl (C=O) groups is 2. The van der Waals surface area contributed by atoms with Crippen LogP contribution in [0.2, 0.25) is 0 Å². The zero-order chi connectivity index (χ0) is 16.4. The molecule has 0 atom stereocenters. The van der Waals surface area contributed by atoms with Crippen LogP contribution in [0.1, 0.15) is 21.7 Å². The van der Waals surface area contributed by atoms with Crippen molar-refractivity contribution in [3.63, 3.8) is 0 Å². The molecule has 0 fully saturated rings. The van der Waals surface area contributed by atoms with E-state index in [2.05, 4.69) is 20.4 Å². The Bertz CT molecular complexity index is 886. The van der Waals surface area contributed by atoms with Gasteiger partial charge in [-0.05, 0) is 19.9 Å². The number of aryl methyl sites for hydroxylation is 2. The summed E-state index contributed by atoms with van der Waals surface area (Å²) < 4.78 is 6.54. The number of carbonyl (C=O) groups excluding carboxylic acids is 2. The van der Waals surface area contributed by atoms with Gasteiger partial charge in [-0.1, -0.05) is 0 Å². The largest absolute Gasteiger partial charge is 0.452 e. The van der Waals surface area contributed by atoms with Gasteiger partial charge >= 0.3 is 5.97 Å². The Morgan fingerprint density at radius 2 is 2.22 bits per heavy atom. The topological polar surface area (TPSA) is 98.5 Å².